The Kier molecular flexibility index (Phi) is 12.0. The van der Waals surface area contributed by atoms with Crippen LogP contribution in [-0.2, 0) is 10.2 Å². The highest BCUT2D eigenvalue weighted by Gasteiger charge is 2.56. The number of alkyl halides is 5. The zero-order valence-corrected chi connectivity index (χ0v) is 24.8. The van der Waals surface area contributed by atoms with E-state index in [1.165, 1.54) is 11.1 Å². The molecule has 0 bridgehead atoms. The van der Waals surface area contributed by atoms with Crippen molar-refractivity contribution in [3.05, 3.63) is 53.6 Å². The molecule has 234 valence electrons. The minimum Gasteiger partial charge on any atom is -0.508 e. The van der Waals surface area contributed by atoms with E-state index in [4.69, 9.17) is 0 Å². The number of carboxylic acid groups (broad SMARTS) is 1. The van der Waals surface area contributed by atoms with Gasteiger partial charge in [0.1, 0.15) is 11.5 Å². The van der Waals surface area contributed by atoms with Gasteiger partial charge in [0.2, 0.25) is 0 Å². The van der Waals surface area contributed by atoms with Gasteiger partial charge in [-0.2, -0.15) is 22.0 Å². The molecule has 1 aliphatic heterocycles. The maximum Gasteiger partial charge on any atom is 0.453 e. The summed E-state index contributed by atoms with van der Waals surface area (Å²) in [5, 5.41) is 29.3. The summed E-state index contributed by atoms with van der Waals surface area (Å²) in [7, 11) is 0. The summed E-state index contributed by atoms with van der Waals surface area (Å²) in [4.78, 5) is 12.6. The zero-order chi connectivity index (χ0) is 31.0. The zero-order valence-electron chi connectivity index (χ0n) is 23.9. The average molecular weight is 617 g/mol. The van der Waals surface area contributed by atoms with Crippen molar-refractivity contribution in [1.29, 1.82) is 0 Å². The van der Waals surface area contributed by atoms with E-state index in [9.17, 15) is 42.1 Å². The highest BCUT2D eigenvalue weighted by Crippen LogP contribution is 2.54. The molecule has 0 saturated heterocycles. The van der Waals surface area contributed by atoms with Crippen LogP contribution in [0.5, 0.6) is 11.5 Å². The fourth-order valence-electron chi connectivity index (χ4n) is 6.15. The summed E-state index contributed by atoms with van der Waals surface area (Å²) in [5.74, 6) is -5.28. The Morgan fingerprint density at radius 3 is 2.12 bits per heavy atom. The van der Waals surface area contributed by atoms with Crippen molar-refractivity contribution in [2.45, 2.75) is 112 Å². The molecular formula is C32H41F5O4S. The molecule has 0 aliphatic carbocycles. The maximum absolute atomic E-state index is 13.1. The predicted octanol–water partition coefficient (Wildman–Crippen LogP) is 9.82. The molecule has 3 atom stereocenters. The van der Waals surface area contributed by atoms with Gasteiger partial charge in [-0.3, -0.25) is 4.79 Å². The molecule has 42 heavy (non-hydrogen) atoms. The minimum absolute atomic E-state index is 0.113. The first-order valence-electron chi connectivity index (χ1n) is 14.7. The largest absolute Gasteiger partial charge is 0.508 e. The number of rotatable bonds is 16. The molecule has 0 spiro atoms. The summed E-state index contributed by atoms with van der Waals surface area (Å²) < 4.78 is 63.3. The van der Waals surface area contributed by atoms with E-state index in [-0.39, 0.29) is 35.7 Å². The lowest BCUT2D eigenvalue weighted by atomic mass is 9.65. The van der Waals surface area contributed by atoms with E-state index in [0.717, 1.165) is 55.6 Å². The van der Waals surface area contributed by atoms with Crippen LogP contribution in [0.4, 0.5) is 22.0 Å². The second-order valence-electron chi connectivity index (χ2n) is 11.4. The molecule has 0 aromatic heterocycles. The predicted molar refractivity (Wildman–Crippen MR) is 155 cm³/mol. The van der Waals surface area contributed by atoms with Crippen molar-refractivity contribution < 1.29 is 42.1 Å². The van der Waals surface area contributed by atoms with Crippen LogP contribution in [-0.4, -0.2) is 39.1 Å². The van der Waals surface area contributed by atoms with E-state index in [1.54, 1.807) is 30.0 Å². The first-order chi connectivity index (χ1) is 19.8. The Hall–Kier alpha value is -2.49. The number of aliphatic carboxylic acids is 1. The first kappa shape index (κ1) is 34.0. The molecule has 2 aromatic rings. The van der Waals surface area contributed by atoms with E-state index >= 15 is 0 Å². The maximum atomic E-state index is 13.1. The van der Waals surface area contributed by atoms with Crippen LogP contribution >= 0.6 is 11.8 Å². The molecule has 1 heterocycles. The number of phenolic OH excluding ortho intramolecular Hbond substituents is 2. The van der Waals surface area contributed by atoms with Crippen molar-refractivity contribution in [3.63, 3.8) is 0 Å². The molecule has 10 heteroatoms. The van der Waals surface area contributed by atoms with Crippen molar-refractivity contribution in [3.8, 4) is 11.5 Å². The summed E-state index contributed by atoms with van der Waals surface area (Å²) >= 11 is 1.75. The van der Waals surface area contributed by atoms with Gasteiger partial charge in [0.25, 0.3) is 0 Å². The summed E-state index contributed by atoms with van der Waals surface area (Å²) in [6.07, 6.45) is -0.363. The molecule has 0 saturated carbocycles. The van der Waals surface area contributed by atoms with Crippen molar-refractivity contribution in [1.82, 2.24) is 0 Å². The Morgan fingerprint density at radius 2 is 1.50 bits per heavy atom. The number of phenols is 2. The molecule has 0 amide bonds. The second-order valence-corrected chi connectivity index (χ2v) is 12.5. The van der Waals surface area contributed by atoms with Crippen LogP contribution in [0.15, 0.2) is 47.4 Å². The molecule has 3 N–H and O–H groups in total. The highest BCUT2D eigenvalue weighted by molar-refractivity contribution is 7.99. The molecule has 2 aromatic carbocycles. The van der Waals surface area contributed by atoms with Crippen LogP contribution in [0, 0.1) is 5.92 Å². The number of thioether (sulfide) groups is 1. The second kappa shape index (κ2) is 14.8. The number of fused-ring (bicyclic) bond motifs is 1. The fraction of sp³-hybridized carbons (Fsp3) is 0.594. The highest BCUT2D eigenvalue weighted by atomic mass is 32.2. The van der Waals surface area contributed by atoms with Crippen molar-refractivity contribution in [2.24, 2.45) is 5.92 Å². The third kappa shape index (κ3) is 8.54. The third-order valence-corrected chi connectivity index (χ3v) is 10.0. The van der Waals surface area contributed by atoms with Crippen LogP contribution in [0.1, 0.15) is 101 Å². The van der Waals surface area contributed by atoms with Gasteiger partial charge in [0, 0.05) is 22.5 Å². The standard InChI is InChI=1S/C32H41F5O4S/c1-2-30(23-13-15-24(38)16-14-23)21-42-28-20-25(39)17-18-26(28)27(30)12-8-6-4-3-5-7-10-22(29(40)41)11-9-19-31(33,34)32(35,36)37/h13-18,20,22,27,38-39H,2-12,19,21H2,1H3,(H,40,41)/t22?,27-,30-/m1/s1. The molecular weight excluding hydrogens is 575 g/mol. The quantitative estimate of drug-likeness (QED) is 0.129. The van der Waals surface area contributed by atoms with Crippen LogP contribution in [0.3, 0.4) is 0 Å². The van der Waals surface area contributed by atoms with Gasteiger partial charge in [0.05, 0.1) is 5.92 Å². The number of benzene rings is 2. The lowest BCUT2D eigenvalue weighted by Crippen LogP contribution is -2.38. The number of halogens is 5. The lowest BCUT2D eigenvalue weighted by molar-refractivity contribution is -0.284. The number of hydrogen-bond acceptors (Lipinski definition) is 4. The number of carboxylic acids is 1. The van der Waals surface area contributed by atoms with Crippen molar-refractivity contribution >= 4 is 17.7 Å². The van der Waals surface area contributed by atoms with E-state index < -0.39 is 36.8 Å². The number of unbranched alkanes of at least 4 members (excludes halogenated alkanes) is 5. The summed E-state index contributed by atoms with van der Waals surface area (Å²) in [6.45, 7) is 2.19. The smallest absolute Gasteiger partial charge is 0.453 e. The molecule has 3 rings (SSSR count). The fourth-order valence-corrected chi connectivity index (χ4v) is 7.72. The van der Waals surface area contributed by atoms with Gasteiger partial charge in [-0.15, -0.1) is 11.8 Å². The first-order valence-corrected chi connectivity index (χ1v) is 15.7. The van der Waals surface area contributed by atoms with Gasteiger partial charge >= 0.3 is 18.1 Å². The summed E-state index contributed by atoms with van der Waals surface area (Å²) in [5.41, 5.74) is 2.30. The van der Waals surface area contributed by atoms with Gasteiger partial charge in [0.15, 0.2) is 0 Å². The average Bonchev–Trinajstić information content (AvgIpc) is 2.93. The van der Waals surface area contributed by atoms with E-state index in [1.807, 2.05) is 24.3 Å². The summed E-state index contributed by atoms with van der Waals surface area (Å²) in [6, 6.07) is 13.1. The van der Waals surface area contributed by atoms with Crippen LogP contribution in [0.25, 0.3) is 0 Å². The number of aromatic hydroxyl groups is 2. The topological polar surface area (TPSA) is 77.8 Å². The molecule has 0 fully saturated rings. The van der Waals surface area contributed by atoms with E-state index in [2.05, 4.69) is 6.92 Å². The normalized spacial score (nSPS) is 19.8. The van der Waals surface area contributed by atoms with E-state index in [0.29, 0.717) is 6.42 Å². The Labute approximate surface area is 248 Å². The third-order valence-electron chi connectivity index (χ3n) is 8.70. The Morgan fingerprint density at radius 1 is 0.905 bits per heavy atom. The van der Waals surface area contributed by atoms with Gasteiger partial charge in [-0.1, -0.05) is 63.6 Å². The van der Waals surface area contributed by atoms with Gasteiger partial charge in [-0.25, -0.2) is 0 Å². The monoisotopic (exact) mass is 616 g/mol. The van der Waals surface area contributed by atoms with Gasteiger partial charge < -0.3 is 15.3 Å². The van der Waals surface area contributed by atoms with Crippen molar-refractivity contribution in [2.75, 3.05) is 5.75 Å². The number of carbonyl (C=O) groups is 1. The Balaban J connectivity index is 1.49. The molecule has 1 aliphatic rings. The Bertz CT molecular complexity index is 1150. The van der Waals surface area contributed by atoms with Gasteiger partial charge in [-0.05, 0) is 73.4 Å². The lowest BCUT2D eigenvalue weighted by Gasteiger charge is -2.45. The molecule has 1 unspecified atom stereocenters. The molecule has 0 radical (unpaired) electrons. The SMILES string of the molecule is CC[C@]1(c2ccc(O)cc2)CSc2cc(O)ccc2[C@H]1CCCCCCCCC(CCCC(F)(F)C(F)(F)F)C(=O)O. The molecule has 4 nitrogen and oxygen atoms in total. The number of hydrogen-bond donors (Lipinski definition) is 3. The minimum atomic E-state index is -5.61. The van der Waals surface area contributed by atoms with Crippen LogP contribution in [0.2, 0.25) is 0 Å². The van der Waals surface area contributed by atoms with Crippen LogP contribution < -0.4 is 0 Å².